The summed E-state index contributed by atoms with van der Waals surface area (Å²) in [5.41, 5.74) is 0. The molecule has 0 radical (unpaired) electrons. The average Bonchev–Trinajstić information content (AvgIpc) is 2.76. The monoisotopic (exact) mass is 315 g/mol. The maximum absolute atomic E-state index is 11.7. The van der Waals surface area contributed by atoms with E-state index in [0.717, 1.165) is 19.3 Å². The molecule has 1 aliphatic rings. The zero-order valence-corrected chi connectivity index (χ0v) is 12.8. The topological polar surface area (TPSA) is 116 Å². The summed E-state index contributed by atoms with van der Waals surface area (Å²) in [7, 11) is 0. The maximum atomic E-state index is 11.7. The molecule has 1 saturated heterocycles. The molecule has 0 saturated carbocycles. The number of carbonyl (C=O) groups excluding carboxylic acids is 2. The Kier molecular flexibility index (Phi) is 8.08. The molecule has 7 nitrogen and oxygen atoms in total. The van der Waals surface area contributed by atoms with E-state index < -0.39 is 36.3 Å². The van der Waals surface area contributed by atoms with Crippen LogP contribution >= 0.6 is 0 Å². The number of ether oxygens (including phenoxy) is 1. The second-order valence-electron chi connectivity index (χ2n) is 5.40. The lowest BCUT2D eigenvalue weighted by Crippen LogP contribution is -2.46. The number of aliphatic hydroxyl groups is 3. The fourth-order valence-corrected chi connectivity index (χ4v) is 2.17. The fourth-order valence-electron chi connectivity index (χ4n) is 2.17. The van der Waals surface area contributed by atoms with Crippen molar-refractivity contribution in [2.45, 2.75) is 69.9 Å². The third kappa shape index (κ3) is 5.40. The number of hydrogen-bond donors (Lipinski definition) is 4. The van der Waals surface area contributed by atoms with Crippen LogP contribution in [0.3, 0.4) is 0 Å². The summed E-state index contributed by atoms with van der Waals surface area (Å²) in [6.45, 7) is 2.15. The molecule has 22 heavy (non-hydrogen) atoms. The second kappa shape index (κ2) is 9.55. The number of carbonyl (C=O) groups is 2. The second-order valence-corrected chi connectivity index (χ2v) is 5.40. The summed E-state index contributed by atoms with van der Waals surface area (Å²) in [5, 5.41) is 30.8. The van der Waals surface area contributed by atoms with Crippen molar-refractivity contribution in [3.05, 3.63) is 12.3 Å². The van der Waals surface area contributed by atoms with Crippen LogP contribution in [0.4, 0.5) is 0 Å². The van der Waals surface area contributed by atoms with Crippen molar-refractivity contribution in [1.82, 2.24) is 5.32 Å². The number of aliphatic hydroxyl groups excluding tert-OH is 3. The first-order chi connectivity index (χ1) is 10.5. The minimum absolute atomic E-state index is 0.798. The Hall–Kier alpha value is -1.44. The van der Waals surface area contributed by atoms with Crippen LogP contribution in [0.15, 0.2) is 12.3 Å². The predicted octanol–water partition coefficient (Wildman–Crippen LogP) is -0.0151. The summed E-state index contributed by atoms with van der Waals surface area (Å²) in [6.07, 6.45) is 3.27. The molecule has 126 valence electrons. The third-order valence-corrected chi connectivity index (χ3v) is 3.55. The van der Waals surface area contributed by atoms with E-state index in [2.05, 4.69) is 17.0 Å². The maximum Gasteiger partial charge on any atom is 0.338 e. The first kappa shape index (κ1) is 18.6. The first-order valence-corrected chi connectivity index (χ1v) is 7.69. The molecule has 1 heterocycles. The van der Waals surface area contributed by atoms with Crippen molar-refractivity contribution < 1.29 is 29.6 Å². The lowest BCUT2D eigenvalue weighted by molar-refractivity contribution is -0.153. The van der Waals surface area contributed by atoms with Gasteiger partial charge < -0.3 is 25.4 Å². The number of nitrogens with one attached hydrogen (secondary N) is 1. The van der Waals surface area contributed by atoms with Gasteiger partial charge in [0.1, 0.15) is 6.10 Å². The lowest BCUT2D eigenvalue weighted by atomic mass is 10.1. The van der Waals surface area contributed by atoms with Gasteiger partial charge in [-0.3, -0.25) is 4.79 Å². The van der Waals surface area contributed by atoms with Gasteiger partial charge in [-0.05, 0) is 19.0 Å². The molecular formula is C15H25NO6. The first-order valence-electron chi connectivity index (χ1n) is 7.69. The Balaban J connectivity index is 2.26. The lowest BCUT2D eigenvalue weighted by Gasteiger charge is -2.18. The highest BCUT2D eigenvalue weighted by atomic mass is 16.6. The van der Waals surface area contributed by atoms with Crippen LogP contribution in [-0.2, 0) is 14.3 Å². The van der Waals surface area contributed by atoms with Crippen molar-refractivity contribution >= 4 is 11.9 Å². The van der Waals surface area contributed by atoms with Crippen molar-refractivity contribution in [2.75, 3.05) is 0 Å². The number of rotatable bonds is 9. The number of unbranched alkanes of at least 4 members (excludes halogenated alkanes) is 5. The Morgan fingerprint density at radius 3 is 2.59 bits per heavy atom. The van der Waals surface area contributed by atoms with E-state index in [1.807, 2.05) is 0 Å². The van der Waals surface area contributed by atoms with E-state index >= 15 is 0 Å². The van der Waals surface area contributed by atoms with E-state index in [4.69, 9.17) is 0 Å². The fraction of sp³-hybridized carbons (Fsp3) is 0.733. The van der Waals surface area contributed by atoms with Gasteiger partial charge in [0.2, 0.25) is 0 Å². The predicted molar refractivity (Wildman–Crippen MR) is 78.6 cm³/mol. The minimum atomic E-state index is -1.73. The zero-order valence-electron chi connectivity index (χ0n) is 12.8. The van der Waals surface area contributed by atoms with Crippen LogP contribution < -0.4 is 5.32 Å². The van der Waals surface area contributed by atoms with Gasteiger partial charge in [0.05, 0.1) is 0 Å². The van der Waals surface area contributed by atoms with Crippen molar-refractivity contribution in [1.29, 1.82) is 0 Å². The molecule has 0 spiro atoms. The third-order valence-electron chi connectivity index (χ3n) is 3.55. The molecule has 0 bridgehead atoms. The summed E-state index contributed by atoms with van der Waals surface area (Å²) in [4.78, 5) is 22.7. The van der Waals surface area contributed by atoms with Crippen molar-refractivity contribution in [3.63, 3.8) is 0 Å². The summed E-state index contributed by atoms with van der Waals surface area (Å²) in [6, 6.07) is 0. The van der Waals surface area contributed by atoms with Crippen molar-refractivity contribution in [2.24, 2.45) is 0 Å². The molecule has 7 heteroatoms. The Morgan fingerprint density at radius 1 is 1.32 bits per heavy atom. The molecule has 0 aromatic rings. The van der Waals surface area contributed by atoms with Gasteiger partial charge >= 0.3 is 5.97 Å². The molecule has 1 rings (SSSR count). The summed E-state index contributed by atoms with van der Waals surface area (Å²) >= 11 is 0. The number of hydrogen-bond acceptors (Lipinski definition) is 6. The van der Waals surface area contributed by atoms with Gasteiger partial charge in [-0.2, -0.15) is 0 Å². The quantitative estimate of drug-likeness (QED) is 0.351. The summed E-state index contributed by atoms with van der Waals surface area (Å²) in [5.74, 6) is -1.85. The SMILES string of the molecule is CCCCCCCC=CNC(=O)[C@H](O)[C@H]1OC(=O)[C@@H](O)[C@H]1O. The van der Waals surface area contributed by atoms with Crippen LogP contribution in [0.2, 0.25) is 0 Å². The van der Waals surface area contributed by atoms with Crippen LogP contribution in [-0.4, -0.2) is 51.6 Å². The minimum Gasteiger partial charge on any atom is -0.454 e. The zero-order chi connectivity index (χ0) is 16.5. The van der Waals surface area contributed by atoms with Gasteiger partial charge in [0.15, 0.2) is 18.3 Å². The van der Waals surface area contributed by atoms with Crippen molar-refractivity contribution in [3.8, 4) is 0 Å². The van der Waals surface area contributed by atoms with Crippen LogP contribution in [0.25, 0.3) is 0 Å². The van der Waals surface area contributed by atoms with E-state index in [1.165, 1.54) is 25.5 Å². The molecule has 4 N–H and O–H groups in total. The average molecular weight is 315 g/mol. The van der Waals surface area contributed by atoms with Gasteiger partial charge in [-0.1, -0.05) is 38.7 Å². The molecular weight excluding hydrogens is 290 g/mol. The Morgan fingerprint density at radius 2 is 2.00 bits per heavy atom. The highest BCUT2D eigenvalue weighted by molar-refractivity contribution is 5.84. The van der Waals surface area contributed by atoms with Crippen LogP contribution in [0, 0.1) is 0 Å². The number of allylic oxidation sites excluding steroid dienone is 1. The van der Waals surface area contributed by atoms with E-state index in [-0.39, 0.29) is 0 Å². The van der Waals surface area contributed by atoms with E-state index in [1.54, 1.807) is 6.08 Å². The smallest absolute Gasteiger partial charge is 0.338 e. The molecule has 0 aromatic carbocycles. The van der Waals surface area contributed by atoms with E-state index in [0.29, 0.717) is 0 Å². The van der Waals surface area contributed by atoms with Crippen LogP contribution in [0.1, 0.15) is 45.4 Å². The normalized spacial score (nSPS) is 26.2. The number of cyclic esters (lactones) is 1. The molecule has 1 amide bonds. The molecule has 0 aromatic heterocycles. The Bertz CT molecular complexity index is 397. The summed E-state index contributed by atoms with van der Waals surface area (Å²) < 4.78 is 4.58. The number of amides is 1. The highest BCUT2D eigenvalue weighted by Crippen LogP contribution is 2.19. The molecule has 0 unspecified atom stereocenters. The van der Waals surface area contributed by atoms with Crippen LogP contribution in [0.5, 0.6) is 0 Å². The molecule has 1 aliphatic heterocycles. The largest absolute Gasteiger partial charge is 0.454 e. The molecule has 0 aliphatic carbocycles. The highest BCUT2D eigenvalue weighted by Gasteiger charge is 2.48. The van der Waals surface area contributed by atoms with Gasteiger partial charge in [-0.15, -0.1) is 0 Å². The van der Waals surface area contributed by atoms with Gasteiger partial charge in [0.25, 0.3) is 5.91 Å². The van der Waals surface area contributed by atoms with E-state index in [9.17, 15) is 24.9 Å². The molecule has 4 atom stereocenters. The molecule has 1 fully saturated rings. The van der Waals surface area contributed by atoms with Gasteiger partial charge in [-0.25, -0.2) is 4.79 Å². The van der Waals surface area contributed by atoms with Gasteiger partial charge in [0, 0.05) is 0 Å². The Labute approximate surface area is 130 Å². The number of esters is 1. The standard InChI is InChI=1S/C15H25NO6/c1-2-3-4-5-6-7-8-9-16-14(20)12(19)13-10(17)11(18)15(21)22-13/h8-13,17-19H,2-7H2,1H3,(H,16,20)/t10-,11+,12-,13+/m1/s1.